The topological polar surface area (TPSA) is 0 Å². The standard InChI is InChI=1S/3C21H21P.ClH.Rh/c3*1-16-10-4-7-13-19(16)22(20-14-8-5-11-17(20)2)21-15-9-6-12-18(21)3;;/h3*4-15H,1-3H3;1H;/q;;;;-2/p+2. The number of aryl methyl sites for hydroxylation is 9. The third-order valence-corrected chi connectivity index (χ3v) is 92.0. The Morgan fingerprint density at radius 1 is 0.206 bits per heavy atom. The molecule has 0 spiro atoms. The molecule has 68 heavy (non-hydrogen) atoms. The van der Waals surface area contributed by atoms with Gasteiger partial charge in [0.1, 0.15) is 0 Å². The number of halogens is 1. The predicted octanol–water partition coefficient (Wildman–Crippen LogP) is 13.0. The molecule has 9 aromatic carbocycles. The van der Waals surface area contributed by atoms with Gasteiger partial charge in [0, 0.05) is 0 Å². The summed E-state index contributed by atoms with van der Waals surface area (Å²) in [5.41, 5.74) is 0.434. The van der Waals surface area contributed by atoms with E-state index in [9.17, 15) is 9.69 Å². The van der Waals surface area contributed by atoms with Crippen LogP contribution in [0.1, 0.15) is 50.1 Å². The van der Waals surface area contributed by atoms with Gasteiger partial charge in [-0.3, -0.25) is 0 Å². The van der Waals surface area contributed by atoms with Gasteiger partial charge in [0.15, 0.2) is 0 Å². The first-order valence-electron chi connectivity index (χ1n) is 23.8. The summed E-state index contributed by atoms with van der Waals surface area (Å²) in [6, 6.07) is 85.5. The van der Waals surface area contributed by atoms with Crippen molar-refractivity contribution < 1.29 is 12.3 Å². The van der Waals surface area contributed by atoms with Crippen LogP contribution in [0.5, 0.6) is 0 Å². The fourth-order valence-corrected chi connectivity index (χ4v) is 122. The molecule has 0 bridgehead atoms. The first kappa shape index (κ1) is 48.2. The Bertz CT molecular complexity index is 2620. The summed E-state index contributed by atoms with van der Waals surface area (Å²) in [6.07, 6.45) is 0. The van der Waals surface area contributed by atoms with Crippen molar-refractivity contribution in [2.45, 2.75) is 62.3 Å². The van der Waals surface area contributed by atoms with Crippen LogP contribution in [0.2, 0.25) is 0 Å². The molecule has 0 aromatic heterocycles. The molecule has 0 aliphatic heterocycles. The van der Waals surface area contributed by atoms with Crippen LogP contribution in [-0.4, -0.2) is 0 Å². The molecule has 0 N–H and O–H groups in total. The summed E-state index contributed by atoms with van der Waals surface area (Å²) in [5, 5.41) is 12.9. The summed E-state index contributed by atoms with van der Waals surface area (Å²) in [7, 11) is 11.1. The van der Waals surface area contributed by atoms with Gasteiger partial charge >= 0.3 is 417 Å². The Hall–Kier alpha value is -4.82. The number of rotatable bonds is 12. The van der Waals surface area contributed by atoms with Crippen molar-refractivity contribution in [1.82, 2.24) is 0 Å². The minimum atomic E-state index is -4.61. The van der Waals surface area contributed by atoms with Crippen molar-refractivity contribution in [3.63, 3.8) is 0 Å². The molecule has 0 nitrogen and oxygen atoms in total. The van der Waals surface area contributed by atoms with Gasteiger partial charge in [-0.2, -0.15) is 0 Å². The Balaban J connectivity index is 1.84. The molecule has 0 fully saturated rings. The SMILES string of the molecule is Cc1ccccc1[PH](c1ccccc1C)(c1ccccc1C)[Rh]([Cl])([PH](c1ccccc1C)(c1ccccc1C)c1ccccc1C)[PH](c1ccccc1C)(c1ccccc1C)c1ccccc1C. The molecule has 5 heteroatoms. The van der Waals surface area contributed by atoms with Crippen LogP contribution in [0.15, 0.2) is 218 Å². The molecular formula is C63H66ClP3Rh. The van der Waals surface area contributed by atoms with E-state index in [4.69, 9.17) is 0 Å². The monoisotopic (exact) mass is 1050 g/mol. The molecule has 0 aliphatic rings. The zero-order valence-electron chi connectivity index (χ0n) is 41.0. The average molecular weight is 1050 g/mol. The summed E-state index contributed by atoms with van der Waals surface area (Å²) in [6.45, 7) is 21.5. The van der Waals surface area contributed by atoms with Crippen LogP contribution in [-0.2, 0) is 12.3 Å². The Labute approximate surface area is 414 Å². The predicted molar refractivity (Wildman–Crippen MR) is 308 cm³/mol. The summed E-state index contributed by atoms with van der Waals surface area (Å²) in [5.74, 6) is 0. The van der Waals surface area contributed by atoms with Gasteiger partial charge in [-0.15, -0.1) is 0 Å². The molecule has 349 valence electrons. The quantitative estimate of drug-likeness (QED) is 0.0845. The van der Waals surface area contributed by atoms with Crippen molar-refractivity contribution in [2.75, 3.05) is 0 Å². The summed E-state index contributed by atoms with van der Waals surface area (Å²) in [4.78, 5) is 0. The molecule has 0 unspecified atom stereocenters. The third-order valence-electron chi connectivity index (χ3n) is 14.6. The first-order chi connectivity index (χ1) is 32.9. The van der Waals surface area contributed by atoms with Gasteiger partial charge in [0.2, 0.25) is 0 Å². The van der Waals surface area contributed by atoms with E-state index in [1.165, 1.54) is 97.8 Å². The number of benzene rings is 9. The molecule has 0 aliphatic carbocycles. The summed E-state index contributed by atoms with van der Waals surface area (Å²) < 4.78 is 0. The maximum absolute atomic E-state index is 11.1. The van der Waals surface area contributed by atoms with E-state index in [2.05, 4.69) is 281 Å². The van der Waals surface area contributed by atoms with E-state index >= 15 is 0 Å². The van der Waals surface area contributed by atoms with Gasteiger partial charge in [-0.05, 0) is 0 Å². The number of hydrogen-bond acceptors (Lipinski definition) is 0. The third kappa shape index (κ3) is 7.22. The molecular weight excluding hydrogens is 988 g/mol. The molecule has 0 saturated carbocycles. The minimum absolute atomic E-state index is 1.30. The van der Waals surface area contributed by atoms with E-state index < -0.39 is 29.1 Å². The molecule has 9 aromatic rings. The van der Waals surface area contributed by atoms with E-state index in [0.29, 0.717) is 0 Å². The Kier molecular flexibility index (Phi) is 13.8. The molecule has 0 saturated heterocycles. The average Bonchev–Trinajstić information content (AvgIpc) is 3.34. The van der Waals surface area contributed by atoms with Gasteiger partial charge < -0.3 is 0 Å². The van der Waals surface area contributed by atoms with Gasteiger partial charge in [-0.1, -0.05) is 0 Å². The van der Waals surface area contributed by atoms with Crippen LogP contribution in [0.25, 0.3) is 0 Å². The van der Waals surface area contributed by atoms with E-state index in [1.54, 1.807) is 0 Å². The van der Waals surface area contributed by atoms with Gasteiger partial charge in [0.05, 0.1) is 0 Å². The van der Waals surface area contributed by atoms with E-state index in [0.717, 1.165) is 0 Å². The number of hydrogen-bond donors (Lipinski definition) is 0. The van der Waals surface area contributed by atoms with Gasteiger partial charge in [-0.25, -0.2) is 0 Å². The van der Waals surface area contributed by atoms with E-state index in [1.807, 2.05) is 0 Å². The van der Waals surface area contributed by atoms with E-state index in [-0.39, 0.29) is 0 Å². The van der Waals surface area contributed by atoms with Crippen LogP contribution >= 0.6 is 26.5 Å². The van der Waals surface area contributed by atoms with Crippen LogP contribution in [0, 0.1) is 62.3 Å². The van der Waals surface area contributed by atoms with Gasteiger partial charge in [0.25, 0.3) is 0 Å². The van der Waals surface area contributed by atoms with Crippen molar-refractivity contribution >= 4 is 74.2 Å². The second-order valence-electron chi connectivity index (χ2n) is 18.6. The Morgan fingerprint density at radius 3 is 0.412 bits per heavy atom. The van der Waals surface area contributed by atoms with Crippen LogP contribution < -0.4 is 47.7 Å². The van der Waals surface area contributed by atoms with Crippen molar-refractivity contribution in [2.24, 2.45) is 0 Å². The maximum atomic E-state index is 11.1. The summed E-state index contributed by atoms with van der Waals surface area (Å²) >= 11 is -4.61. The van der Waals surface area contributed by atoms with Crippen molar-refractivity contribution in [3.05, 3.63) is 268 Å². The molecule has 0 atom stereocenters. The Morgan fingerprint density at radius 2 is 0.309 bits per heavy atom. The molecule has 0 amide bonds. The molecule has 0 radical (unpaired) electrons. The molecule has 0 heterocycles. The molecule has 9 rings (SSSR count). The fraction of sp³-hybridized carbons (Fsp3) is 0.143. The van der Waals surface area contributed by atoms with Crippen molar-refractivity contribution in [3.8, 4) is 0 Å². The second-order valence-corrected chi connectivity index (χ2v) is 61.2. The fourth-order valence-electron chi connectivity index (χ4n) is 11.5. The normalized spacial score (nSPS) is 14.1. The second kappa shape index (κ2) is 19.5. The van der Waals surface area contributed by atoms with Crippen LogP contribution in [0.4, 0.5) is 0 Å². The van der Waals surface area contributed by atoms with Crippen molar-refractivity contribution in [1.29, 1.82) is 0 Å². The zero-order valence-corrected chi connectivity index (χ0v) is 46.4. The van der Waals surface area contributed by atoms with Crippen LogP contribution in [0.3, 0.4) is 0 Å². The first-order valence-corrected chi connectivity index (χ1v) is 38.8. The zero-order chi connectivity index (χ0) is 47.8.